The lowest BCUT2D eigenvalue weighted by atomic mass is 9.99. The zero-order chi connectivity index (χ0) is 14.9. The molecule has 0 aliphatic heterocycles. The van der Waals surface area contributed by atoms with Crippen LogP contribution in [0.3, 0.4) is 0 Å². The molecular weight excluding hydrogens is 329 g/mol. The van der Waals surface area contributed by atoms with Gasteiger partial charge in [0.25, 0.3) is 6.43 Å². The first kappa shape index (κ1) is 15.4. The van der Waals surface area contributed by atoms with E-state index in [1.165, 1.54) is 31.4 Å². The van der Waals surface area contributed by atoms with Crippen LogP contribution in [0.5, 0.6) is 5.75 Å². The Kier molecular flexibility index (Phi) is 4.74. The maximum Gasteiger partial charge on any atom is 0.268 e. The summed E-state index contributed by atoms with van der Waals surface area (Å²) in [6.07, 6.45) is -2.71. The van der Waals surface area contributed by atoms with E-state index in [2.05, 4.69) is 0 Å². The molecule has 2 rings (SSSR count). The zero-order valence-corrected chi connectivity index (χ0v) is 12.5. The quantitative estimate of drug-likeness (QED) is 0.601. The first-order chi connectivity index (χ1) is 9.45. The molecule has 0 aromatic heterocycles. The Labute approximate surface area is 130 Å². The van der Waals surface area contributed by atoms with Crippen molar-refractivity contribution in [1.29, 1.82) is 0 Å². The van der Waals surface area contributed by atoms with Gasteiger partial charge in [0, 0.05) is 10.6 Å². The first-order valence-corrected chi connectivity index (χ1v) is 6.69. The minimum absolute atomic E-state index is 0.0877. The predicted octanol–water partition coefficient (Wildman–Crippen LogP) is 6.26. The maximum absolute atomic E-state index is 13.3. The van der Waals surface area contributed by atoms with E-state index >= 15 is 0 Å². The van der Waals surface area contributed by atoms with Gasteiger partial charge in [-0.25, -0.2) is 8.78 Å². The van der Waals surface area contributed by atoms with Crippen molar-refractivity contribution in [2.24, 2.45) is 0 Å². The summed E-state index contributed by atoms with van der Waals surface area (Å²) in [5.41, 5.74) is 0.349. The molecule has 0 radical (unpaired) electrons. The van der Waals surface area contributed by atoms with Crippen LogP contribution in [0.4, 0.5) is 8.78 Å². The van der Waals surface area contributed by atoms with Crippen LogP contribution in [-0.2, 0) is 0 Å². The normalized spacial score (nSPS) is 10.9. The summed E-state index contributed by atoms with van der Waals surface area (Å²) < 4.78 is 31.6. The van der Waals surface area contributed by atoms with Gasteiger partial charge in [-0.05, 0) is 23.8 Å². The molecule has 2 aromatic carbocycles. The molecule has 0 bridgehead atoms. The van der Waals surface area contributed by atoms with Crippen LogP contribution in [0, 0.1) is 0 Å². The summed E-state index contributed by atoms with van der Waals surface area (Å²) >= 11 is 18.0. The zero-order valence-electron chi connectivity index (χ0n) is 10.3. The number of ether oxygens (including phenoxy) is 1. The second-order valence-corrected chi connectivity index (χ2v) is 5.19. The SMILES string of the molecule is COc1cccc(-c2cc(Cl)cc(Cl)c2Cl)c1C(F)F. The van der Waals surface area contributed by atoms with Crippen molar-refractivity contribution in [1.82, 2.24) is 0 Å². The Morgan fingerprint density at radius 3 is 2.35 bits per heavy atom. The molecule has 20 heavy (non-hydrogen) atoms. The fourth-order valence-electron chi connectivity index (χ4n) is 1.93. The molecule has 2 aromatic rings. The molecule has 1 nitrogen and oxygen atoms in total. The van der Waals surface area contributed by atoms with Crippen molar-refractivity contribution in [3.8, 4) is 16.9 Å². The van der Waals surface area contributed by atoms with Crippen molar-refractivity contribution < 1.29 is 13.5 Å². The fraction of sp³-hybridized carbons (Fsp3) is 0.143. The van der Waals surface area contributed by atoms with Crippen LogP contribution in [0.15, 0.2) is 30.3 Å². The minimum atomic E-state index is -2.71. The number of hydrogen-bond donors (Lipinski definition) is 0. The summed E-state index contributed by atoms with van der Waals surface area (Å²) in [6, 6.07) is 7.54. The number of rotatable bonds is 3. The number of benzene rings is 2. The Morgan fingerprint density at radius 1 is 1.05 bits per heavy atom. The van der Waals surface area contributed by atoms with E-state index in [-0.39, 0.29) is 26.9 Å². The van der Waals surface area contributed by atoms with Crippen molar-refractivity contribution in [2.75, 3.05) is 7.11 Å². The van der Waals surface area contributed by atoms with Gasteiger partial charge in [0.15, 0.2) is 0 Å². The van der Waals surface area contributed by atoms with Gasteiger partial charge < -0.3 is 4.74 Å². The average Bonchev–Trinajstić information content (AvgIpc) is 2.41. The second kappa shape index (κ2) is 6.17. The third-order valence-corrected chi connectivity index (χ3v) is 3.81. The van der Waals surface area contributed by atoms with E-state index in [9.17, 15) is 8.78 Å². The van der Waals surface area contributed by atoms with Gasteiger partial charge in [0.2, 0.25) is 0 Å². The molecule has 0 amide bonds. The molecular formula is C14H9Cl3F2O. The van der Waals surface area contributed by atoms with Gasteiger partial charge in [-0.1, -0.05) is 46.9 Å². The number of methoxy groups -OCH3 is 1. The second-order valence-electron chi connectivity index (χ2n) is 3.97. The lowest BCUT2D eigenvalue weighted by Crippen LogP contribution is -1.96. The fourth-order valence-corrected chi connectivity index (χ4v) is 2.64. The largest absolute Gasteiger partial charge is 0.496 e. The van der Waals surface area contributed by atoms with E-state index in [1.54, 1.807) is 6.07 Å². The molecule has 0 fully saturated rings. The molecule has 106 valence electrons. The highest BCUT2D eigenvalue weighted by atomic mass is 35.5. The standard InChI is InChI=1S/C14H9Cl3F2O/c1-20-11-4-2-3-8(12(11)14(18)19)9-5-7(15)6-10(16)13(9)17/h2-6,14H,1H3. The van der Waals surface area contributed by atoms with Gasteiger partial charge in [-0.3, -0.25) is 0 Å². The van der Waals surface area contributed by atoms with Gasteiger partial charge in [0.1, 0.15) is 5.75 Å². The molecule has 0 heterocycles. The summed E-state index contributed by atoms with van der Waals surface area (Å²) in [4.78, 5) is 0. The smallest absolute Gasteiger partial charge is 0.268 e. The Balaban J connectivity index is 2.76. The van der Waals surface area contributed by atoms with Crippen molar-refractivity contribution in [3.05, 3.63) is 51.0 Å². The summed E-state index contributed by atoms with van der Waals surface area (Å²) in [6.45, 7) is 0. The van der Waals surface area contributed by atoms with E-state index in [0.29, 0.717) is 10.6 Å². The highest BCUT2D eigenvalue weighted by molar-refractivity contribution is 6.45. The molecule has 0 saturated carbocycles. The molecule has 0 aliphatic rings. The van der Waals surface area contributed by atoms with Gasteiger partial charge in [-0.15, -0.1) is 0 Å². The highest BCUT2D eigenvalue weighted by Crippen LogP contribution is 2.43. The van der Waals surface area contributed by atoms with Gasteiger partial charge in [0.05, 0.1) is 22.7 Å². The highest BCUT2D eigenvalue weighted by Gasteiger charge is 2.22. The number of hydrogen-bond acceptors (Lipinski definition) is 1. The Morgan fingerprint density at radius 2 is 1.75 bits per heavy atom. The Bertz CT molecular complexity index is 645. The van der Waals surface area contributed by atoms with E-state index < -0.39 is 6.43 Å². The summed E-state index contributed by atoms with van der Waals surface area (Å²) in [5.74, 6) is 0.0877. The van der Waals surface area contributed by atoms with Crippen LogP contribution in [0.1, 0.15) is 12.0 Å². The predicted molar refractivity (Wildman–Crippen MR) is 78.4 cm³/mol. The average molecular weight is 338 g/mol. The van der Waals surface area contributed by atoms with Crippen molar-refractivity contribution in [3.63, 3.8) is 0 Å². The Hall–Kier alpha value is -1.03. The molecule has 0 unspecified atom stereocenters. The van der Waals surface area contributed by atoms with E-state index in [1.807, 2.05) is 0 Å². The molecule has 0 saturated heterocycles. The lowest BCUT2D eigenvalue weighted by molar-refractivity contribution is 0.148. The maximum atomic E-state index is 13.3. The summed E-state index contributed by atoms with van der Waals surface area (Å²) in [7, 11) is 1.33. The van der Waals surface area contributed by atoms with Crippen molar-refractivity contribution >= 4 is 34.8 Å². The molecule has 0 atom stereocenters. The van der Waals surface area contributed by atoms with Gasteiger partial charge >= 0.3 is 0 Å². The monoisotopic (exact) mass is 336 g/mol. The number of alkyl halides is 2. The van der Waals surface area contributed by atoms with Crippen LogP contribution < -0.4 is 4.74 Å². The topological polar surface area (TPSA) is 9.23 Å². The van der Waals surface area contributed by atoms with Crippen LogP contribution in [0.25, 0.3) is 11.1 Å². The minimum Gasteiger partial charge on any atom is -0.496 e. The lowest BCUT2D eigenvalue weighted by Gasteiger charge is -2.15. The third-order valence-electron chi connectivity index (χ3n) is 2.79. The van der Waals surface area contributed by atoms with Gasteiger partial charge in [-0.2, -0.15) is 0 Å². The molecule has 6 heteroatoms. The van der Waals surface area contributed by atoms with Crippen LogP contribution in [0.2, 0.25) is 15.1 Å². The van der Waals surface area contributed by atoms with Crippen molar-refractivity contribution in [2.45, 2.75) is 6.43 Å². The van der Waals surface area contributed by atoms with Crippen LogP contribution in [-0.4, -0.2) is 7.11 Å². The molecule has 0 aliphatic carbocycles. The third kappa shape index (κ3) is 2.85. The van der Waals surface area contributed by atoms with E-state index in [4.69, 9.17) is 39.5 Å². The number of halogens is 5. The summed E-state index contributed by atoms with van der Waals surface area (Å²) in [5, 5.41) is 0.695. The van der Waals surface area contributed by atoms with E-state index in [0.717, 1.165) is 0 Å². The first-order valence-electron chi connectivity index (χ1n) is 5.55. The van der Waals surface area contributed by atoms with Crippen LogP contribution >= 0.6 is 34.8 Å². The molecule has 0 spiro atoms. The molecule has 0 N–H and O–H groups in total.